The summed E-state index contributed by atoms with van der Waals surface area (Å²) in [4.78, 5) is 25.4. The summed E-state index contributed by atoms with van der Waals surface area (Å²) in [6.07, 6.45) is 0. The fraction of sp³-hybridized carbons (Fsp3) is 0.167. The first-order valence-corrected chi connectivity index (χ1v) is 4.99. The van der Waals surface area contributed by atoms with Crippen molar-refractivity contribution in [2.45, 2.75) is 13.8 Å². The van der Waals surface area contributed by atoms with Crippen LogP contribution in [0.15, 0.2) is 29.1 Å². The fourth-order valence-corrected chi connectivity index (χ4v) is 1.74. The van der Waals surface area contributed by atoms with Gasteiger partial charge < -0.3 is 10.3 Å². The van der Waals surface area contributed by atoms with Gasteiger partial charge in [-0.25, -0.2) is 0 Å². The van der Waals surface area contributed by atoms with Crippen LogP contribution in [0.25, 0.3) is 10.9 Å². The van der Waals surface area contributed by atoms with Crippen LogP contribution in [0.2, 0.25) is 0 Å². The molecule has 0 radical (unpaired) electrons. The summed E-state index contributed by atoms with van der Waals surface area (Å²) in [5, 5.41) is 3.49. The topological polar surface area (TPSA) is 62.0 Å². The number of carbonyl (C=O) groups excluding carboxylic acids is 1. The molecule has 0 atom stereocenters. The molecule has 1 amide bonds. The van der Waals surface area contributed by atoms with Crippen LogP contribution < -0.4 is 10.9 Å². The van der Waals surface area contributed by atoms with Gasteiger partial charge in [0.1, 0.15) is 5.69 Å². The number of amides is 1. The van der Waals surface area contributed by atoms with E-state index in [0.717, 1.165) is 16.5 Å². The Balaban J connectivity index is 2.75. The minimum Gasteiger partial charge on any atom is -0.321 e. The van der Waals surface area contributed by atoms with Crippen molar-refractivity contribution in [1.29, 1.82) is 0 Å². The Hall–Kier alpha value is -2.10. The van der Waals surface area contributed by atoms with E-state index in [-0.39, 0.29) is 11.5 Å². The molecular formula is C12H12N2O2. The van der Waals surface area contributed by atoms with Crippen molar-refractivity contribution in [2.24, 2.45) is 0 Å². The second kappa shape index (κ2) is 3.81. The standard InChI is InChI=1S/C12H12N2O2/c1-7-9-5-3-4-6-10(9)14-12(16)11(7)13-8(2)15/h3-6H,1-2H3,(H,13,15)(H,14,16). The third-order valence-electron chi connectivity index (χ3n) is 2.48. The summed E-state index contributed by atoms with van der Waals surface area (Å²) in [7, 11) is 0. The molecule has 0 aliphatic carbocycles. The molecule has 0 fully saturated rings. The van der Waals surface area contributed by atoms with Crippen LogP contribution in [-0.4, -0.2) is 10.9 Å². The molecule has 0 saturated heterocycles. The Labute approximate surface area is 92.3 Å². The number of aromatic amines is 1. The van der Waals surface area contributed by atoms with Crippen molar-refractivity contribution in [3.8, 4) is 0 Å². The number of H-pyrrole nitrogens is 1. The largest absolute Gasteiger partial charge is 0.321 e. The lowest BCUT2D eigenvalue weighted by atomic mass is 10.1. The van der Waals surface area contributed by atoms with Gasteiger partial charge in [0.25, 0.3) is 5.56 Å². The van der Waals surface area contributed by atoms with Crippen molar-refractivity contribution in [1.82, 2.24) is 4.98 Å². The Morgan fingerprint density at radius 3 is 2.69 bits per heavy atom. The number of aryl methyl sites for hydroxylation is 1. The number of anilines is 1. The molecule has 0 saturated carbocycles. The summed E-state index contributed by atoms with van der Waals surface area (Å²) in [5.74, 6) is -0.246. The van der Waals surface area contributed by atoms with Gasteiger partial charge in [-0.05, 0) is 18.6 Å². The normalized spacial score (nSPS) is 10.4. The molecule has 16 heavy (non-hydrogen) atoms. The van der Waals surface area contributed by atoms with Crippen molar-refractivity contribution in [2.75, 3.05) is 5.32 Å². The van der Waals surface area contributed by atoms with Gasteiger partial charge in [0.2, 0.25) is 5.91 Å². The van der Waals surface area contributed by atoms with Crippen LogP contribution in [0.1, 0.15) is 12.5 Å². The second-order valence-electron chi connectivity index (χ2n) is 3.68. The molecule has 0 aliphatic heterocycles. The number of nitrogens with one attached hydrogen (secondary N) is 2. The summed E-state index contributed by atoms with van der Waals surface area (Å²) in [5.41, 5.74) is 1.62. The Morgan fingerprint density at radius 1 is 1.31 bits per heavy atom. The van der Waals surface area contributed by atoms with E-state index in [9.17, 15) is 9.59 Å². The maximum atomic E-state index is 11.7. The van der Waals surface area contributed by atoms with E-state index < -0.39 is 0 Å². The minimum atomic E-state index is -0.272. The molecule has 2 rings (SSSR count). The van der Waals surface area contributed by atoms with Gasteiger partial charge in [-0.15, -0.1) is 0 Å². The zero-order valence-electron chi connectivity index (χ0n) is 9.13. The summed E-state index contributed by atoms with van der Waals surface area (Å²) >= 11 is 0. The number of benzene rings is 1. The van der Waals surface area contributed by atoms with E-state index in [0.29, 0.717) is 5.69 Å². The van der Waals surface area contributed by atoms with E-state index >= 15 is 0 Å². The molecule has 4 nitrogen and oxygen atoms in total. The molecule has 2 N–H and O–H groups in total. The first-order valence-electron chi connectivity index (χ1n) is 4.99. The lowest BCUT2D eigenvalue weighted by Gasteiger charge is -2.08. The highest BCUT2D eigenvalue weighted by molar-refractivity contribution is 5.94. The average molecular weight is 216 g/mol. The van der Waals surface area contributed by atoms with Crippen molar-refractivity contribution in [3.63, 3.8) is 0 Å². The van der Waals surface area contributed by atoms with Crippen molar-refractivity contribution >= 4 is 22.5 Å². The molecule has 4 heteroatoms. The molecule has 2 aromatic rings. The van der Waals surface area contributed by atoms with Crippen LogP contribution in [0.3, 0.4) is 0 Å². The smallest absolute Gasteiger partial charge is 0.272 e. The van der Waals surface area contributed by atoms with Crippen LogP contribution >= 0.6 is 0 Å². The summed E-state index contributed by atoms with van der Waals surface area (Å²) in [6, 6.07) is 7.49. The predicted octanol–water partition coefficient (Wildman–Crippen LogP) is 1.79. The van der Waals surface area contributed by atoms with E-state index in [1.807, 2.05) is 31.2 Å². The number of fused-ring (bicyclic) bond motifs is 1. The fourth-order valence-electron chi connectivity index (χ4n) is 1.74. The van der Waals surface area contributed by atoms with Gasteiger partial charge in [-0.2, -0.15) is 0 Å². The summed E-state index contributed by atoms with van der Waals surface area (Å²) in [6.45, 7) is 3.21. The quantitative estimate of drug-likeness (QED) is 0.763. The number of hydrogen-bond donors (Lipinski definition) is 2. The van der Waals surface area contributed by atoms with Crippen molar-refractivity contribution in [3.05, 3.63) is 40.2 Å². The molecule has 1 aromatic carbocycles. The molecule has 1 aromatic heterocycles. The average Bonchev–Trinajstić information content (AvgIpc) is 2.24. The first-order chi connectivity index (χ1) is 7.59. The highest BCUT2D eigenvalue weighted by Gasteiger charge is 2.09. The van der Waals surface area contributed by atoms with Crippen LogP contribution in [0.5, 0.6) is 0 Å². The van der Waals surface area contributed by atoms with Gasteiger partial charge in [-0.1, -0.05) is 18.2 Å². The zero-order valence-corrected chi connectivity index (χ0v) is 9.13. The number of carbonyl (C=O) groups is 1. The molecule has 82 valence electrons. The number of rotatable bonds is 1. The van der Waals surface area contributed by atoms with Crippen LogP contribution in [0.4, 0.5) is 5.69 Å². The maximum absolute atomic E-state index is 11.7. The lowest BCUT2D eigenvalue weighted by molar-refractivity contribution is -0.114. The Kier molecular flexibility index (Phi) is 2.48. The number of aromatic nitrogens is 1. The van der Waals surface area contributed by atoms with Crippen LogP contribution in [-0.2, 0) is 4.79 Å². The molecule has 1 heterocycles. The molecule has 0 unspecified atom stereocenters. The van der Waals surface area contributed by atoms with E-state index in [1.54, 1.807) is 0 Å². The number of hydrogen-bond acceptors (Lipinski definition) is 2. The number of para-hydroxylation sites is 1. The minimum absolute atomic E-state index is 0.246. The van der Waals surface area contributed by atoms with Gasteiger partial charge in [0.15, 0.2) is 0 Å². The highest BCUT2D eigenvalue weighted by atomic mass is 16.2. The Bertz CT molecular complexity index is 614. The molecular weight excluding hydrogens is 204 g/mol. The molecule has 0 bridgehead atoms. The van der Waals surface area contributed by atoms with Gasteiger partial charge in [0.05, 0.1) is 0 Å². The maximum Gasteiger partial charge on any atom is 0.272 e. The lowest BCUT2D eigenvalue weighted by Crippen LogP contribution is -2.19. The predicted molar refractivity (Wildman–Crippen MR) is 63.6 cm³/mol. The van der Waals surface area contributed by atoms with E-state index in [2.05, 4.69) is 10.3 Å². The Morgan fingerprint density at radius 2 is 2.00 bits per heavy atom. The highest BCUT2D eigenvalue weighted by Crippen LogP contribution is 2.19. The number of pyridine rings is 1. The molecule has 0 spiro atoms. The van der Waals surface area contributed by atoms with Gasteiger partial charge >= 0.3 is 0 Å². The first kappa shape index (κ1) is 10.4. The molecule has 0 aliphatic rings. The van der Waals surface area contributed by atoms with Crippen LogP contribution in [0, 0.1) is 6.92 Å². The second-order valence-corrected chi connectivity index (χ2v) is 3.68. The third kappa shape index (κ3) is 1.69. The van der Waals surface area contributed by atoms with E-state index in [1.165, 1.54) is 6.92 Å². The summed E-state index contributed by atoms with van der Waals surface area (Å²) < 4.78 is 0. The zero-order chi connectivity index (χ0) is 11.7. The van der Waals surface area contributed by atoms with Gasteiger partial charge in [-0.3, -0.25) is 9.59 Å². The van der Waals surface area contributed by atoms with Gasteiger partial charge in [0, 0.05) is 17.8 Å². The van der Waals surface area contributed by atoms with E-state index in [4.69, 9.17) is 0 Å². The SMILES string of the molecule is CC(=O)Nc1c(C)c2ccccc2[nH]c1=O. The monoisotopic (exact) mass is 216 g/mol. The third-order valence-corrected chi connectivity index (χ3v) is 2.48. The van der Waals surface area contributed by atoms with Crippen molar-refractivity contribution < 1.29 is 4.79 Å².